The zero-order valence-corrected chi connectivity index (χ0v) is 25.2. The minimum absolute atomic E-state index is 0.0608. The molecular formula is C30H28ClF2N5O4S. The minimum Gasteiger partial charge on any atom is -0.350 e. The number of halogens is 3. The van der Waals surface area contributed by atoms with Gasteiger partial charge in [0.15, 0.2) is 15.5 Å². The normalized spacial score (nSPS) is 15.6. The van der Waals surface area contributed by atoms with Crippen LogP contribution in [-0.2, 0) is 21.1 Å². The third-order valence-electron chi connectivity index (χ3n) is 7.46. The highest BCUT2D eigenvalue weighted by Crippen LogP contribution is 2.35. The van der Waals surface area contributed by atoms with E-state index in [1.807, 2.05) is 13.8 Å². The molecule has 0 spiro atoms. The third-order valence-corrected chi connectivity index (χ3v) is 8.90. The predicted octanol–water partition coefficient (Wildman–Crippen LogP) is 4.57. The van der Waals surface area contributed by atoms with Gasteiger partial charge >= 0.3 is 5.69 Å². The van der Waals surface area contributed by atoms with E-state index in [4.69, 9.17) is 11.6 Å². The Morgan fingerprint density at radius 3 is 2.53 bits per heavy atom. The number of benzene rings is 2. The summed E-state index contributed by atoms with van der Waals surface area (Å²) in [7, 11) is -3.85. The van der Waals surface area contributed by atoms with Crippen molar-refractivity contribution in [2.75, 3.05) is 30.8 Å². The molecule has 0 unspecified atom stereocenters. The first-order valence-electron chi connectivity index (χ1n) is 13.4. The van der Waals surface area contributed by atoms with Gasteiger partial charge in [-0.15, -0.1) is 0 Å². The number of fused-ring (bicyclic) bond motifs is 1. The number of aromatic nitrogens is 3. The Hall–Kier alpha value is -4.16. The van der Waals surface area contributed by atoms with Crippen molar-refractivity contribution in [1.82, 2.24) is 19.4 Å². The molecule has 1 fully saturated rings. The van der Waals surface area contributed by atoms with Gasteiger partial charge in [0.2, 0.25) is 5.91 Å². The molecular weight excluding hydrogens is 600 g/mol. The highest BCUT2D eigenvalue weighted by molar-refractivity contribution is 7.90. The van der Waals surface area contributed by atoms with Crippen LogP contribution in [0.4, 0.5) is 14.6 Å². The number of piperazine rings is 1. The van der Waals surface area contributed by atoms with Crippen LogP contribution in [0.3, 0.4) is 0 Å². The van der Waals surface area contributed by atoms with Gasteiger partial charge in [-0.05, 0) is 55.3 Å². The number of hydrogen-bond donors (Lipinski definition) is 0. The topological polar surface area (TPSA) is 105 Å². The van der Waals surface area contributed by atoms with E-state index < -0.39 is 27.2 Å². The lowest BCUT2D eigenvalue weighted by Crippen LogP contribution is -2.54. The van der Waals surface area contributed by atoms with Gasteiger partial charge in [0.05, 0.1) is 21.0 Å². The number of anilines is 1. The molecule has 224 valence electrons. The van der Waals surface area contributed by atoms with E-state index in [9.17, 15) is 22.4 Å². The van der Waals surface area contributed by atoms with Crippen molar-refractivity contribution in [3.63, 3.8) is 0 Å². The lowest BCUT2D eigenvalue weighted by atomic mass is 10.1. The Morgan fingerprint density at radius 2 is 1.91 bits per heavy atom. The molecule has 1 saturated heterocycles. The van der Waals surface area contributed by atoms with Gasteiger partial charge in [-0.25, -0.2) is 31.5 Å². The smallest absolute Gasteiger partial charge is 0.350 e. The van der Waals surface area contributed by atoms with Crippen molar-refractivity contribution < 1.29 is 22.0 Å². The third kappa shape index (κ3) is 5.52. The summed E-state index contributed by atoms with van der Waals surface area (Å²) in [5, 5.41) is 0.0381. The first kappa shape index (κ1) is 30.3. The summed E-state index contributed by atoms with van der Waals surface area (Å²) in [6, 6.07) is 8.90. The lowest BCUT2D eigenvalue weighted by molar-refractivity contribution is -0.126. The van der Waals surface area contributed by atoms with Crippen LogP contribution < -0.4 is 10.6 Å². The average Bonchev–Trinajstić information content (AvgIpc) is 2.96. The molecule has 0 radical (unpaired) electrons. The number of nitrogens with zero attached hydrogens (tertiary/aromatic N) is 5. The summed E-state index contributed by atoms with van der Waals surface area (Å²) in [5.41, 5.74) is -0.483. The average molecular weight is 628 g/mol. The largest absolute Gasteiger partial charge is 0.355 e. The summed E-state index contributed by atoms with van der Waals surface area (Å²) < 4.78 is 56.6. The van der Waals surface area contributed by atoms with Crippen LogP contribution in [0.5, 0.6) is 0 Å². The number of pyridine rings is 1. The minimum atomic E-state index is -3.85. The molecule has 4 aromatic rings. The van der Waals surface area contributed by atoms with Crippen LogP contribution in [0.15, 0.2) is 64.8 Å². The van der Waals surface area contributed by atoms with Crippen LogP contribution in [0.2, 0.25) is 5.02 Å². The Balaban J connectivity index is 1.86. The van der Waals surface area contributed by atoms with Gasteiger partial charge in [0, 0.05) is 37.5 Å². The quantitative estimate of drug-likeness (QED) is 0.289. The number of rotatable bonds is 6. The van der Waals surface area contributed by atoms with E-state index in [2.05, 4.69) is 16.5 Å². The fourth-order valence-electron chi connectivity index (χ4n) is 5.40. The maximum atomic E-state index is 15.9. The highest BCUT2D eigenvalue weighted by atomic mass is 35.5. The summed E-state index contributed by atoms with van der Waals surface area (Å²) in [6.07, 6.45) is 2.62. The summed E-state index contributed by atoms with van der Waals surface area (Å²) in [4.78, 5) is 38.4. The van der Waals surface area contributed by atoms with Crippen molar-refractivity contribution in [3.05, 3.63) is 87.8 Å². The molecule has 13 heteroatoms. The SMILES string of the molecule is C=CC(=O)N1CCN(c2nc(=O)n(-c3c(CC)cccc3S(C)(=O)=O)c3nc(-c4ccc(F)cc4Cl)c(F)cc23)[C@@H](C)C1. The standard InChI is InChI=1S/C30H28ClF2N5O4S/c1-5-18-8-7-9-24(43(4,41)42)27(18)38-29-21(15-23(33)26(34-29)20-11-10-19(32)14-22(20)31)28(35-30(38)40)37-13-12-36(16-17(37)3)25(39)6-2/h6-11,14-15,17H,2,5,12-13,16H2,1,3-4H3/t17-/m0/s1. The molecule has 1 amide bonds. The van der Waals surface area contributed by atoms with E-state index in [0.29, 0.717) is 25.1 Å². The number of para-hydroxylation sites is 1. The van der Waals surface area contributed by atoms with E-state index in [1.54, 1.807) is 21.9 Å². The molecule has 1 atom stereocenters. The molecule has 1 aliphatic heterocycles. The monoisotopic (exact) mass is 627 g/mol. The molecule has 0 aliphatic carbocycles. The number of sulfone groups is 1. The predicted molar refractivity (Wildman–Crippen MR) is 162 cm³/mol. The van der Waals surface area contributed by atoms with E-state index in [0.717, 1.165) is 29.0 Å². The number of amides is 1. The van der Waals surface area contributed by atoms with E-state index in [-0.39, 0.29) is 62.2 Å². The number of hydrogen-bond acceptors (Lipinski definition) is 7. The van der Waals surface area contributed by atoms with Crippen LogP contribution >= 0.6 is 11.6 Å². The summed E-state index contributed by atoms with van der Waals surface area (Å²) in [5.74, 6) is -1.55. The fraction of sp³-hybridized carbons (Fsp3) is 0.267. The van der Waals surface area contributed by atoms with Crippen LogP contribution in [0.25, 0.3) is 28.0 Å². The zero-order chi connectivity index (χ0) is 31.2. The molecule has 2 aromatic heterocycles. The molecule has 9 nitrogen and oxygen atoms in total. The van der Waals surface area contributed by atoms with Gasteiger partial charge in [-0.2, -0.15) is 4.98 Å². The van der Waals surface area contributed by atoms with Gasteiger partial charge in [-0.3, -0.25) is 4.79 Å². The number of carbonyl (C=O) groups excluding carboxylic acids is 1. The molecule has 43 heavy (non-hydrogen) atoms. The Bertz CT molecular complexity index is 1960. The van der Waals surface area contributed by atoms with Crippen molar-refractivity contribution in [2.24, 2.45) is 0 Å². The molecule has 0 bridgehead atoms. The Kier molecular flexibility index (Phi) is 8.10. The summed E-state index contributed by atoms with van der Waals surface area (Å²) >= 11 is 6.28. The summed E-state index contributed by atoms with van der Waals surface area (Å²) in [6.45, 7) is 8.06. The Morgan fingerprint density at radius 1 is 1.16 bits per heavy atom. The number of aryl methyl sites for hydroxylation is 1. The van der Waals surface area contributed by atoms with Crippen LogP contribution in [0, 0.1) is 11.6 Å². The first-order chi connectivity index (χ1) is 20.3. The zero-order valence-electron chi connectivity index (χ0n) is 23.6. The molecule has 0 saturated carbocycles. The molecule has 3 heterocycles. The maximum absolute atomic E-state index is 15.9. The second kappa shape index (κ2) is 11.5. The van der Waals surface area contributed by atoms with Crippen LogP contribution in [0.1, 0.15) is 19.4 Å². The molecule has 0 N–H and O–H groups in total. The Labute approximate surface area is 252 Å². The van der Waals surface area contributed by atoms with Gasteiger partial charge in [0.25, 0.3) is 0 Å². The first-order valence-corrected chi connectivity index (χ1v) is 15.7. The van der Waals surface area contributed by atoms with Gasteiger partial charge < -0.3 is 9.80 Å². The second-order valence-electron chi connectivity index (χ2n) is 10.3. The molecule has 5 rings (SSSR count). The molecule has 2 aromatic carbocycles. The van der Waals surface area contributed by atoms with Crippen molar-refractivity contribution in [2.45, 2.75) is 31.2 Å². The second-order valence-corrected chi connectivity index (χ2v) is 12.7. The lowest BCUT2D eigenvalue weighted by Gasteiger charge is -2.40. The van der Waals surface area contributed by atoms with E-state index >= 15 is 4.39 Å². The van der Waals surface area contributed by atoms with E-state index in [1.165, 1.54) is 18.2 Å². The highest BCUT2D eigenvalue weighted by Gasteiger charge is 2.31. The van der Waals surface area contributed by atoms with Crippen molar-refractivity contribution in [3.8, 4) is 16.9 Å². The van der Waals surface area contributed by atoms with Gasteiger partial charge in [-0.1, -0.05) is 37.2 Å². The van der Waals surface area contributed by atoms with Crippen molar-refractivity contribution in [1.29, 1.82) is 0 Å². The van der Waals surface area contributed by atoms with Gasteiger partial charge in [0.1, 0.15) is 23.1 Å². The van der Waals surface area contributed by atoms with Crippen molar-refractivity contribution >= 4 is 44.2 Å². The number of carbonyl (C=O) groups is 1. The fourth-order valence-corrected chi connectivity index (χ4v) is 6.56. The molecule has 1 aliphatic rings. The van der Waals surface area contributed by atoms with Crippen LogP contribution in [-0.4, -0.2) is 65.7 Å². The maximum Gasteiger partial charge on any atom is 0.355 e.